The number of carbonyl (C=O) groups excluding carboxylic acids is 2. The molecule has 0 aliphatic heterocycles. The predicted octanol–water partition coefficient (Wildman–Crippen LogP) is 0.948. The van der Waals surface area contributed by atoms with Crippen molar-refractivity contribution in [3.05, 3.63) is 64.7 Å². The first-order valence-electron chi connectivity index (χ1n) is 9.17. The Morgan fingerprint density at radius 1 is 0.969 bits per heavy atom. The number of amides is 1. The number of aliphatic carboxylic acids is 2. The topological polar surface area (TPSA) is 180 Å². The first-order chi connectivity index (χ1) is 15.1. The largest absolute Gasteiger partial charge is 0.481 e. The average molecular weight is 443 g/mol. The number of rotatable bonds is 11. The molecule has 0 radical (unpaired) electrons. The lowest BCUT2D eigenvalue weighted by molar-refractivity contribution is -0.214. The number of hydrogen-bond donors (Lipinski definition) is 4. The highest BCUT2D eigenvalue weighted by molar-refractivity contribution is 6.03. The fourth-order valence-electron chi connectivity index (χ4n) is 2.67. The number of carboxylic acids is 2. The lowest BCUT2D eigenvalue weighted by atomic mass is 10.0. The van der Waals surface area contributed by atoms with E-state index in [9.17, 15) is 19.2 Å². The third-order valence-electron chi connectivity index (χ3n) is 4.23. The number of amidine groups is 1. The van der Waals surface area contributed by atoms with Crippen LogP contribution < -0.4 is 10.6 Å². The zero-order valence-electron chi connectivity index (χ0n) is 17.0. The highest BCUT2D eigenvalue weighted by Crippen LogP contribution is 2.22. The molecule has 0 aliphatic rings. The lowest BCUT2D eigenvalue weighted by Crippen LogP contribution is -2.32. The van der Waals surface area contributed by atoms with Crippen LogP contribution in [0.4, 0.5) is 0 Å². The van der Waals surface area contributed by atoms with E-state index in [1.54, 1.807) is 0 Å². The van der Waals surface area contributed by atoms with E-state index in [-0.39, 0.29) is 29.3 Å². The van der Waals surface area contributed by atoms with Crippen molar-refractivity contribution in [2.75, 3.05) is 20.2 Å². The monoisotopic (exact) mass is 443 g/mol. The number of nitrogens with two attached hydrogens (primary N) is 1. The molecule has 0 aromatic heterocycles. The fourth-order valence-corrected chi connectivity index (χ4v) is 2.67. The number of hydrogen-bond acceptors (Lipinski definition) is 7. The Bertz CT molecular complexity index is 1050. The summed E-state index contributed by atoms with van der Waals surface area (Å²) in [5, 5.41) is 25.0. The Labute approximate surface area is 182 Å². The summed E-state index contributed by atoms with van der Waals surface area (Å²) in [6.07, 6.45) is -0.496. The summed E-state index contributed by atoms with van der Waals surface area (Å²) in [7, 11) is 1.44. The van der Waals surface area contributed by atoms with Gasteiger partial charge in [-0.3, -0.25) is 19.8 Å². The lowest BCUT2D eigenvalue weighted by Gasteiger charge is -2.17. The number of carboxylic acid groups (broad SMARTS) is 2. The number of nitrogens with zero attached hydrogens (tertiary/aromatic N) is 1. The number of likely N-dealkylation sites (N-methyl/N-ethyl adjacent to an activating group) is 1. The predicted molar refractivity (Wildman–Crippen MR) is 111 cm³/mol. The number of benzene rings is 2. The standard InChI is InChI=1S/C21H21N3O8/c1-24(21(30)13-4-2-12(3-5-13)20(22)23)10-16(25)14-6-7-17(32-31-11-19(28)29)15(8-14)9-18(26)27/h2-8H,9-11H2,1H3,(H3,22,23)(H,26,27)(H,28,29). The van der Waals surface area contributed by atoms with Gasteiger partial charge in [0.25, 0.3) is 5.91 Å². The molecule has 0 fully saturated rings. The van der Waals surface area contributed by atoms with Crippen molar-refractivity contribution in [1.82, 2.24) is 4.90 Å². The third kappa shape index (κ3) is 6.64. The van der Waals surface area contributed by atoms with Gasteiger partial charge in [-0.05, 0) is 30.3 Å². The van der Waals surface area contributed by atoms with Gasteiger partial charge in [0.1, 0.15) is 5.84 Å². The van der Waals surface area contributed by atoms with Gasteiger partial charge in [0.2, 0.25) is 0 Å². The second-order valence-electron chi connectivity index (χ2n) is 6.71. The highest BCUT2D eigenvalue weighted by atomic mass is 17.2. The van der Waals surface area contributed by atoms with E-state index >= 15 is 0 Å². The molecule has 5 N–H and O–H groups in total. The molecule has 0 spiro atoms. The first-order valence-corrected chi connectivity index (χ1v) is 9.17. The molecule has 0 aliphatic carbocycles. The molecule has 2 aromatic carbocycles. The molecular weight excluding hydrogens is 422 g/mol. The van der Waals surface area contributed by atoms with Crippen LogP contribution in [0.15, 0.2) is 42.5 Å². The Hall–Kier alpha value is -4.25. The Kier molecular flexibility index (Phi) is 8.02. The van der Waals surface area contributed by atoms with Gasteiger partial charge in [0.15, 0.2) is 18.1 Å². The molecule has 0 atom stereocenters. The van der Waals surface area contributed by atoms with E-state index in [4.69, 9.17) is 26.2 Å². The molecule has 0 bridgehead atoms. The summed E-state index contributed by atoms with van der Waals surface area (Å²) in [5.74, 6) is -3.53. The van der Waals surface area contributed by atoms with Crippen molar-refractivity contribution < 1.29 is 39.2 Å². The molecule has 11 heteroatoms. The maximum absolute atomic E-state index is 12.7. The van der Waals surface area contributed by atoms with Crippen LogP contribution in [0.3, 0.4) is 0 Å². The van der Waals surface area contributed by atoms with Crippen molar-refractivity contribution in [3.8, 4) is 5.75 Å². The summed E-state index contributed by atoms with van der Waals surface area (Å²) in [6.45, 7) is -1.04. The third-order valence-corrected chi connectivity index (χ3v) is 4.23. The second kappa shape index (κ2) is 10.7. The van der Waals surface area contributed by atoms with Crippen LogP contribution in [-0.2, 0) is 20.9 Å². The SMILES string of the molecule is CN(CC(=O)c1ccc(OOCC(=O)O)c(CC(=O)O)c1)C(=O)c1ccc(C(=N)N)cc1. The van der Waals surface area contributed by atoms with Crippen molar-refractivity contribution in [2.24, 2.45) is 5.73 Å². The molecule has 0 unspecified atom stereocenters. The summed E-state index contributed by atoms with van der Waals surface area (Å²) in [6, 6.07) is 9.96. The van der Waals surface area contributed by atoms with Crippen molar-refractivity contribution in [3.63, 3.8) is 0 Å². The number of carbonyl (C=O) groups is 4. The van der Waals surface area contributed by atoms with Crippen LogP contribution in [0.5, 0.6) is 5.75 Å². The Morgan fingerprint density at radius 2 is 1.56 bits per heavy atom. The minimum absolute atomic E-state index is 0.0415. The minimum Gasteiger partial charge on any atom is -0.481 e. The van der Waals surface area contributed by atoms with Gasteiger partial charge in [-0.1, -0.05) is 12.1 Å². The summed E-state index contributed by atoms with van der Waals surface area (Å²) >= 11 is 0. The van der Waals surface area contributed by atoms with E-state index in [0.29, 0.717) is 11.1 Å². The van der Waals surface area contributed by atoms with E-state index < -0.39 is 36.7 Å². The van der Waals surface area contributed by atoms with Crippen LogP contribution >= 0.6 is 0 Å². The molecule has 168 valence electrons. The van der Waals surface area contributed by atoms with Crippen LogP contribution in [-0.4, -0.2) is 64.8 Å². The van der Waals surface area contributed by atoms with E-state index in [2.05, 4.69) is 4.89 Å². The fraction of sp³-hybridized carbons (Fsp3) is 0.190. The molecule has 2 aromatic rings. The first kappa shape index (κ1) is 24.0. The number of nitrogen functional groups attached to an aromatic ring is 1. The average Bonchev–Trinajstić information content (AvgIpc) is 2.73. The van der Waals surface area contributed by atoms with Gasteiger partial charge in [-0.15, -0.1) is 0 Å². The zero-order valence-corrected chi connectivity index (χ0v) is 17.0. The maximum atomic E-state index is 12.7. The smallest absolute Gasteiger partial charge is 0.334 e. The second-order valence-corrected chi connectivity index (χ2v) is 6.71. The molecule has 2 rings (SSSR count). The van der Waals surface area contributed by atoms with Crippen molar-refractivity contribution in [1.29, 1.82) is 5.41 Å². The van der Waals surface area contributed by atoms with Crippen LogP contribution in [0, 0.1) is 5.41 Å². The summed E-state index contributed by atoms with van der Waals surface area (Å²) in [4.78, 5) is 57.4. The normalized spacial score (nSPS) is 10.3. The Morgan fingerprint density at radius 3 is 2.12 bits per heavy atom. The van der Waals surface area contributed by atoms with Crippen molar-refractivity contribution >= 4 is 29.5 Å². The minimum atomic E-state index is -1.28. The molecule has 0 heterocycles. The van der Waals surface area contributed by atoms with Gasteiger partial charge < -0.3 is 25.7 Å². The van der Waals surface area contributed by atoms with Crippen LogP contribution in [0.2, 0.25) is 0 Å². The maximum Gasteiger partial charge on any atom is 0.334 e. The van der Waals surface area contributed by atoms with Gasteiger partial charge in [-0.2, -0.15) is 4.89 Å². The molecule has 11 nitrogen and oxygen atoms in total. The molecular formula is C21H21N3O8. The molecule has 0 saturated heterocycles. The van der Waals surface area contributed by atoms with Crippen LogP contribution in [0.1, 0.15) is 31.8 Å². The number of ketones is 1. The molecule has 32 heavy (non-hydrogen) atoms. The summed E-state index contributed by atoms with van der Waals surface area (Å²) in [5.41, 5.74) is 6.38. The van der Waals surface area contributed by atoms with E-state index in [0.717, 1.165) is 0 Å². The van der Waals surface area contributed by atoms with Gasteiger partial charge in [0, 0.05) is 29.3 Å². The van der Waals surface area contributed by atoms with Gasteiger partial charge in [-0.25, -0.2) is 4.79 Å². The van der Waals surface area contributed by atoms with Gasteiger partial charge >= 0.3 is 11.9 Å². The zero-order chi connectivity index (χ0) is 23.8. The quantitative estimate of drug-likeness (QED) is 0.129. The molecule has 0 saturated carbocycles. The number of nitrogens with one attached hydrogen (secondary N) is 1. The van der Waals surface area contributed by atoms with E-state index in [1.165, 1.54) is 54.4 Å². The molecule has 1 amide bonds. The number of Topliss-reactive ketones (excluding diaryl/α,β-unsaturated/α-hetero) is 1. The van der Waals surface area contributed by atoms with E-state index in [1.807, 2.05) is 0 Å². The summed E-state index contributed by atoms with van der Waals surface area (Å²) < 4.78 is 0. The van der Waals surface area contributed by atoms with Gasteiger partial charge in [0.05, 0.1) is 13.0 Å². The highest BCUT2D eigenvalue weighted by Gasteiger charge is 2.19. The Balaban J connectivity index is 2.13. The van der Waals surface area contributed by atoms with Crippen LogP contribution in [0.25, 0.3) is 0 Å². The van der Waals surface area contributed by atoms with Crippen molar-refractivity contribution in [2.45, 2.75) is 6.42 Å².